The Kier molecular flexibility index (Phi) is 4.67. The summed E-state index contributed by atoms with van der Waals surface area (Å²) in [7, 11) is 5.08. The molecule has 2 aromatic rings. The zero-order valence-corrected chi connectivity index (χ0v) is 14.7. The average Bonchev–Trinajstić information content (AvgIpc) is 2.59. The molecule has 0 amide bonds. The number of methoxy groups -OCH3 is 3. The Bertz CT molecular complexity index is 766. The first-order chi connectivity index (χ1) is 11.6. The van der Waals surface area contributed by atoms with Gasteiger partial charge in [-0.05, 0) is 31.5 Å². The van der Waals surface area contributed by atoms with Gasteiger partial charge in [-0.1, -0.05) is 6.08 Å². The Hall–Kier alpha value is -2.20. The Balaban J connectivity index is 2.31. The summed E-state index contributed by atoms with van der Waals surface area (Å²) in [5.74, 6) is 2.52. The summed E-state index contributed by atoms with van der Waals surface area (Å²) in [5, 5.41) is 2.01. The van der Waals surface area contributed by atoms with Crippen molar-refractivity contribution in [2.45, 2.75) is 32.0 Å². The van der Waals surface area contributed by atoms with Gasteiger partial charge in [0.05, 0.1) is 33.5 Å². The lowest BCUT2D eigenvalue weighted by Gasteiger charge is -2.33. The molecule has 1 aliphatic rings. The predicted octanol–water partition coefficient (Wildman–Crippen LogP) is 4.44. The third kappa shape index (κ3) is 2.61. The van der Waals surface area contributed by atoms with Crippen molar-refractivity contribution in [1.82, 2.24) is 0 Å². The monoisotopic (exact) mass is 328 g/mol. The molecule has 0 bridgehead atoms. The fourth-order valence-electron chi connectivity index (χ4n) is 3.65. The quantitative estimate of drug-likeness (QED) is 0.760. The molecular weight excluding hydrogens is 304 g/mol. The van der Waals surface area contributed by atoms with Crippen molar-refractivity contribution in [2.75, 3.05) is 21.3 Å². The summed E-state index contributed by atoms with van der Waals surface area (Å²) in [4.78, 5) is 0. The highest BCUT2D eigenvalue weighted by atomic mass is 16.5. The van der Waals surface area contributed by atoms with Crippen LogP contribution in [0.3, 0.4) is 0 Å². The van der Waals surface area contributed by atoms with Crippen molar-refractivity contribution in [2.24, 2.45) is 0 Å². The van der Waals surface area contributed by atoms with Crippen LogP contribution in [0.1, 0.15) is 30.6 Å². The summed E-state index contributed by atoms with van der Waals surface area (Å²) in [6.45, 7) is 5.89. The molecular formula is C20H24O4. The highest BCUT2D eigenvalue weighted by molar-refractivity contribution is 5.97. The van der Waals surface area contributed by atoms with Crippen LogP contribution in [-0.4, -0.2) is 27.4 Å². The molecule has 1 aliphatic heterocycles. The predicted molar refractivity (Wildman–Crippen MR) is 95.4 cm³/mol. The third-order valence-corrected chi connectivity index (χ3v) is 4.63. The fourth-order valence-corrected chi connectivity index (χ4v) is 3.65. The Labute approximate surface area is 143 Å². The van der Waals surface area contributed by atoms with E-state index in [-0.39, 0.29) is 12.2 Å². The molecule has 0 aliphatic carbocycles. The molecule has 0 aromatic heterocycles. The molecule has 3 rings (SSSR count). The van der Waals surface area contributed by atoms with E-state index in [4.69, 9.17) is 18.9 Å². The molecule has 0 unspecified atom stereocenters. The second-order valence-corrected chi connectivity index (χ2v) is 6.00. The molecule has 0 N–H and O–H groups in total. The van der Waals surface area contributed by atoms with E-state index in [1.807, 2.05) is 24.3 Å². The molecule has 4 heteroatoms. The van der Waals surface area contributed by atoms with Crippen LogP contribution in [0.5, 0.6) is 17.2 Å². The third-order valence-electron chi connectivity index (χ3n) is 4.63. The van der Waals surface area contributed by atoms with Crippen LogP contribution in [0.2, 0.25) is 0 Å². The van der Waals surface area contributed by atoms with Crippen LogP contribution >= 0.6 is 0 Å². The van der Waals surface area contributed by atoms with E-state index in [1.165, 1.54) is 0 Å². The lowest BCUT2D eigenvalue weighted by atomic mass is 9.88. The zero-order valence-electron chi connectivity index (χ0n) is 14.7. The highest BCUT2D eigenvalue weighted by Gasteiger charge is 2.32. The van der Waals surface area contributed by atoms with Gasteiger partial charge in [0, 0.05) is 28.3 Å². The van der Waals surface area contributed by atoms with Gasteiger partial charge < -0.3 is 18.9 Å². The molecule has 2 aromatic carbocycles. The normalized spacial score (nSPS) is 19.7. The van der Waals surface area contributed by atoms with Gasteiger partial charge >= 0.3 is 0 Å². The molecule has 24 heavy (non-hydrogen) atoms. The van der Waals surface area contributed by atoms with E-state index in [1.54, 1.807) is 21.3 Å². The molecule has 0 radical (unpaired) electrons. The van der Waals surface area contributed by atoms with Crippen LogP contribution in [0.25, 0.3) is 10.8 Å². The van der Waals surface area contributed by atoms with E-state index in [0.717, 1.165) is 52.0 Å². The SMILES string of the molecule is C=CC[C@@H]1Cc2c(c(OC)c3cc(OC)ccc3c2OC)[C@H](C)O1. The molecule has 0 fully saturated rings. The Morgan fingerprint density at radius 3 is 2.50 bits per heavy atom. The Morgan fingerprint density at radius 1 is 1.12 bits per heavy atom. The highest BCUT2D eigenvalue weighted by Crippen LogP contribution is 2.48. The molecule has 2 atom stereocenters. The summed E-state index contributed by atoms with van der Waals surface area (Å²) < 4.78 is 23.1. The minimum atomic E-state index is -0.0712. The number of rotatable bonds is 5. The van der Waals surface area contributed by atoms with Crippen molar-refractivity contribution >= 4 is 10.8 Å². The summed E-state index contributed by atoms with van der Waals surface area (Å²) in [6.07, 6.45) is 3.54. The average molecular weight is 328 g/mol. The van der Waals surface area contributed by atoms with Crippen LogP contribution in [-0.2, 0) is 11.2 Å². The van der Waals surface area contributed by atoms with Crippen molar-refractivity contribution < 1.29 is 18.9 Å². The molecule has 128 valence electrons. The number of benzene rings is 2. The van der Waals surface area contributed by atoms with E-state index in [2.05, 4.69) is 13.5 Å². The van der Waals surface area contributed by atoms with Gasteiger partial charge in [0.15, 0.2) is 0 Å². The summed E-state index contributed by atoms with van der Waals surface area (Å²) >= 11 is 0. The minimum Gasteiger partial charge on any atom is -0.497 e. The zero-order chi connectivity index (χ0) is 17.3. The Morgan fingerprint density at radius 2 is 1.88 bits per heavy atom. The van der Waals surface area contributed by atoms with E-state index in [9.17, 15) is 0 Å². The van der Waals surface area contributed by atoms with Gasteiger partial charge in [0.25, 0.3) is 0 Å². The van der Waals surface area contributed by atoms with Gasteiger partial charge in [-0.25, -0.2) is 0 Å². The second kappa shape index (κ2) is 6.73. The number of hydrogen-bond acceptors (Lipinski definition) is 4. The second-order valence-electron chi connectivity index (χ2n) is 6.00. The van der Waals surface area contributed by atoms with E-state index < -0.39 is 0 Å². The maximum atomic E-state index is 6.16. The molecule has 0 saturated carbocycles. The summed E-state index contributed by atoms with van der Waals surface area (Å²) in [6, 6.07) is 5.96. The van der Waals surface area contributed by atoms with E-state index in [0.29, 0.717) is 0 Å². The van der Waals surface area contributed by atoms with Crippen molar-refractivity contribution in [3.8, 4) is 17.2 Å². The number of hydrogen-bond donors (Lipinski definition) is 0. The first kappa shape index (κ1) is 16.7. The first-order valence-corrected chi connectivity index (χ1v) is 8.15. The van der Waals surface area contributed by atoms with Gasteiger partial charge in [0.1, 0.15) is 17.2 Å². The van der Waals surface area contributed by atoms with Gasteiger partial charge in [-0.15, -0.1) is 6.58 Å². The van der Waals surface area contributed by atoms with Gasteiger partial charge in [-0.2, -0.15) is 0 Å². The van der Waals surface area contributed by atoms with Crippen LogP contribution in [0.4, 0.5) is 0 Å². The van der Waals surface area contributed by atoms with Gasteiger partial charge in [-0.3, -0.25) is 0 Å². The van der Waals surface area contributed by atoms with Gasteiger partial charge in [0.2, 0.25) is 0 Å². The van der Waals surface area contributed by atoms with Crippen molar-refractivity contribution in [1.29, 1.82) is 0 Å². The minimum absolute atomic E-state index is 0.0712. The molecule has 4 nitrogen and oxygen atoms in total. The molecule has 1 heterocycles. The fraction of sp³-hybridized carbons (Fsp3) is 0.400. The van der Waals surface area contributed by atoms with Crippen molar-refractivity contribution in [3.63, 3.8) is 0 Å². The maximum Gasteiger partial charge on any atom is 0.133 e. The first-order valence-electron chi connectivity index (χ1n) is 8.15. The standard InChI is InChI=1S/C20H24O4/c1-6-7-14-11-17-18(12(2)24-14)20(23-5)16-10-13(21-3)8-9-15(16)19(17)22-4/h6,8-10,12,14H,1,7,11H2,2-5H3/t12-,14+/m0/s1. The lowest BCUT2D eigenvalue weighted by Crippen LogP contribution is -2.25. The maximum absolute atomic E-state index is 6.16. The van der Waals surface area contributed by atoms with Crippen molar-refractivity contribution in [3.05, 3.63) is 42.0 Å². The molecule has 0 saturated heterocycles. The largest absolute Gasteiger partial charge is 0.497 e. The van der Waals surface area contributed by atoms with Crippen LogP contribution < -0.4 is 14.2 Å². The van der Waals surface area contributed by atoms with Crippen LogP contribution in [0.15, 0.2) is 30.9 Å². The van der Waals surface area contributed by atoms with Crippen LogP contribution in [0, 0.1) is 0 Å². The molecule has 0 spiro atoms. The number of fused-ring (bicyclic) bond motifs is 2. The topological polar surface area (TPSA) is 36.9 Å². The van der Waals surface area contributed by atoms with E-state index >= 15 is 0 Å². The smallest absolute Gasteiger partial charge is 0.133 e. The summed E-state index contributed by atoms with van der Waals surface area (Å²) in [5.41, 5.74) is 2.23. The number of ether oxygens (including phenoxy) is 4. The lowest BCUT2D eigenvalue weighted by molar-refractivity contribution is -0.0151.